The number of alkyl halides is 3. The topological polar surface area (TPSA) is 26.0 Å². The van der Waals surface area contributed by atoms with Crippen LogP contribution in [-0.4, -0.2) is 0 Å². The molecule has 1 nitrogen and oxygen atoms in total. The normalized spacial score (nSPS) is 21.4. The molecule has 0 fully saturated rings. The molecule has 21 heavy (non-hydrogen) atoms. The van der Waals surface area contributed by atoms with E-state index in [1.807, 2.05) is 18.2 Å². The Labute approximate surface area is 119 Å². The summed E-state index contributed by atoms with van der Waals surface area (Å²) in [5.74, 6) is -1.28. The molecule has 2 aromatic carbocycles. The lowest BCUT2D eigenvalue weighted by Crippen LogP contribution is -2.35. The summed E-state index contributed by atoms with van der Waals surface area (Å²) in [6.07, 6.45) is -3.52. The minimum atomic E-state index is -4.73. The third kappa shape index (κ3) is 2.21. The van der Waals surface area contributed by atoms with Gasteiger partial charge in [0.25, 0.3) is 0 Å². The number of rotatable bonds is 1. The van der Waals surface area contributed by atoms with Crippen LogP contribution in [0, 0.1) is 5.82 Å². The standard InChI is InChI=1S/C16H13F4N/c17-14-6-5-11(9-13(14)16(18,19)20)15(21)8-7-10-3-1-2-4-12(10)15/h1-6,9H,7-8,21H2. The fourth-order valence-corrected chi connectivity index (χ4v) is 2.96. The second kappa shape index (κ2) is 4.56. The van der Waals surface area contributed by atoms with Crippen molar-refractivity contribution in [1.82, 2.24) is 0 Å². The first kappa shape index (κ1) is 14.1. The Bertz CT molecular complexity index is 693. The predicted octanol–water partition coefficient (Wildman–Crippen LogP) is 3.99. The molecule has 1 aliphatic rings. The minimum Gasteiger partial charge on any atom is -0.318 e. The van der Waals surface area contributed by atoms with Gasteiger partial charge in [-0.15, -0.1) is 0 Å². The van der Waals surface area contributed by atoms with Gasteiger partial charge in [0.1, 0.15) is 5.82 Å². The van der Waals surface area contributed by atoms with Gasteiger partial charge in [-0.3, -0.25) is 0 Å². The molecule has 2 aromatic rings. The van der Waals surface area contributed by atoms with Crippen molar-refractivity contribution in [1.29, 1.82) is 0 Å². The Morgan fingerprint density at radius 1 is 1.05 bits per heavy atom. The van der Waals surface area contributed by atoms with Crippen LogP contribution in [-0.2, 0) is 18.1 Å². The van der Waals surface area contributed by atoms with Crippen LogP contribution in [0.25, 0.3) is 0 Å². The molecule has 3 rings (SSSR count). The first-order chi connectivity index (χ1) is 9.82. The molecule has 0 radical (unpaired) electrons. The van der Waals surface area contributed by atoms with Gasteiger partial charge in [-0.1, -0.05) is 30.3 Å². The van der Waals surface area contributed by atoms with Gasteiger partial charge >= 0.3 is 6.18 Å². The first-order valence-corrected chi connectivity index (χ1v) is 6.57. The molecule has 5 heteroatoms. The number of halogens is 4. The van der Waals surface area contributed by atoms with E-state index in [0.717, 1.165) is 23.3 Å². The first-order valence-electron chi connectivity index (χ1n) is 6.57. The summed E-state index contributed by atoms with van der Waals surface area (Å²) >= 11 is 0. The van der Waals surface area contributed by atoms with Crippen molar-refractivity contribution in [2.45, 2.75) is 24.6 Å². The number of fused-ring (bicyclic) bond motifs is 1. The van der Waals surface area contributed by atoms with Gasteiger partial charge in [-0.2, -0.15) is 13.2 Å². The monoisotopic (exact) mass is 295 g/mol. The van der Waals surface area contributed by atoms with E-state index in [1.54, 1.807) is 6.07 Å². The Hall–Kier alpha value is -1.88. The molecule has 0 aliphatic heterocycles. The van der Waals surface area contributed by atoms with Crippen LogP contribution in [0.15, 0.2) is 42.5 Å². The van der Waals surface area contributed by atoms with Crippen molar-refractivity contribution < 1.29 is 17.6 Å². The highest BCUT2D eigenvalue weighted by atomic mass is 19.4. The maximum atomic E-state index is 13.4. The van der Waals surface area contributed by atoms with Gasteiger partial charge in [-0.25, -0.2) is 4.39 Å². The summed E-state index contributed by atoms with van der Waals surface area (Å²) in [7, 11) is 0. The van der Waals surface area contributed by atoms with E-state index in [0.29, 0.717) is 18.4 Å². The molecule has 1 atom stereocenters. The maximum Gasteiger partial charge on any atom is 0.419 e. The fourth-order valence-electron chi connectivity index (χ4n) is 2.96. The van der Waals surface area contributed by atoms with E-state index >= 15 is 0 Å². The van der Waals surface area contributed by atoms with Crippen molar-refractivity contribution in [2.24, 2.45) is 5.73 Å². The van der Waals surface area contributed by atoms with E-state index in [1.165, 1.54) is 6.07 Å². The molecule has 110 valence electrons. The number of nitrogens with two attached hydrogens (primary N) is 1. The molecule has 0 saturated heterocycles. The highest BCUT2D eigenvalue weighted by molar-refractivity contribution is 5.47. The average Bonchev–Trinajstić information content (AvgIpc) is 2.77. The van der Waals surface area contributed by atoms with E-state index in [9.17, 15) is 17.6 Å². The number of hydrogen-bond acceptors (Lipinski definition) is 1. The van der Waals surface area contributed by atoms with Gasteiger partial charge < -0.3 is 5.73 Å². The van der Waals surface area contributed by atoms with E-state index in [2.05, 4.69) is 0 Å². The molecule has 0 heterocycles. The Kier molecular flexibility index (Phi) is 3.06. The lowest BCUT2D eigenvalue weighted by molar-refractivity contribution is -0.140. The molecular weight excluding hydrogens is 282 g/mol. The van der Waals surface area contributed by atoms with Gasteiger partial charge in [0.05, 0.1) is 11.1 Å². The largest absolute Gasteiger partial charge is 0.419 e. The fraction of sp³-hybridized carbons (Fsp3) is 0.250. The lowest BCUT2D eigenvalue weighted by Gasteiger charge is -2.27. The SMILES string of the molecule is NC1(c2ccc(F)c(C(F)(F)F)c2)CCc2ccccc21. The Morgan fingerprint density at radius 2 is 1.76 bits per heavy atom. The summed E-state index contributed by atoms with van der Waals surface area (Å²) < 4.78 is 52.0. The van der Waals surface area contributed by atoms with Crippen molar-refractivity contribution in [3.05, 3.63) is 70.5 Å². The maximum absolute atomic E-state index is 13.4. The summed E-state index contributed by atoms with van der Waals surface area (Å²) in [6.45, 7) is 0. The van der Waals surface area contributed by atoms with E-state index < -0.39 is 23.1 Å². The van der Waals surface area contributed by atoms with Crippen LogP contribution >= 0.6 is 0 Å². The van der Waals surface area contributed by atoms with Crippen LogP contribution in [0.5, 0.6) is 0 Å². The molecule has 1 unspecified atom stereocenters. The van der Waals surface area contributed by atoms with Crippen molar-refractivity contribution in [2.75, 3.05) is 0 Å². The quantitative estimate of drug-likeness (QED) is 0.791. The summed E-state index contributed by atoms with van der Waals surface area (Å²) in [5, 5.41) is 0. The predicted molar refractivity (Wildman–Crippen MR) is 71.1 cm³/mol. The number of hydrogen-bond donors (Lipinski definition) is 1. The highest BCUT2D eigenvalue weighted by Crippen LogP contribution is 2.42. The third-order valence-electron chi connectivity index (χ3n) is 4.07. The highest BCUT2D eigenvalue weighted by Gasteiger charge is 2.40. The third-order valence-corrected chi connectivity index (χ3v) is 4.07. The molecule has 2 N–H and O–H groups in total. The number of aryl methyl sites for hydroxylation is 1. The molecule has 0 spiro atoms. The molecule has 0 saturated carbocycles. The van der Waals surface area contributed by atoms with Crippen LogP contribution in [0.3, 0.4) is 0 Å². The molecule has 0 amide bonds. The Balaban J connectivity index is 2.14. The second-order valence-electron chi connectivity index (χ2n) is 5.32. The Morgan fingerprint density at radius 3 is 2.48 bits per heavy atom. The number of benzene rings is 2. The van der Waals surface area contributed by atoms with Gasteiger partial charge in [0.2, 0.25) is 0 Å². The zero-order chi connectivity index (χ0) is 15.3. The summed E-state index contributed by atoms with van der Waals surface area (Å²) in [4.78, 5) is 0. The van der Waals surface area contributed by atoms with Crippen LogP contribution < -0.4 is 5.73 Å². The van der Waals surface area contributed by atoms with Gasteiger partial charge in [-0.05, 0) is 41.7 Å². The summed E-state index contributed by atoms with van der Waals surface area (Å²) in [5.41, 5.74) is 6.23. The zero-order valence-electron chi connectivity index (χ0n) is 11.0. The minimum absolute atomic E-state index is 0.293. The average molecular weight is 295 g/mol. The van der Waals surface area contributed by atoms with Crippen LogP contribution in [0.2, 0.25) is 0 Å². The van der Waals surface area contributed by atoms with Crippen molar-refractivity contribution in [3.8, 4) is 0 Å². The molecule has 0 aromatic heterocycles. The van der Waals surface area contributed by atoms with Crippen molar-refractivity contribution >= 4 is 0 Å². The van der Waals surface area contributed by atoms with E-state index in [-0.39, 0.29) is 0 Å². The molecule has 1 aliphatic carbocycles. The molecule has 0 bridgehead atoms. The second-order valence-corrected chi connectivity index (χ2v) is 5.32. The smallest absolute Gasteiger partial charge is 0.318 e. The van der Waals surface area contributed by atoms with Crippen LogP contribution in [0.4, 0.5) is 17.6 Å². The van der Waals surface area contributed by atoms with Crippen molar-refractivity contribution in [3.63, 3.8) is 0 Å². The zero-order valence-corrected chi connectivity index (χ0v) is 11.0. The van der Waals surface area contributed by atoms with Crippen LogP contribution in [0.1, 0.15) is 28.7 Å². The van der Waals surface area contributed by atoms with Gasteiger partial charge in [0.15, 0.2) is 0 Å². The summed E-state index contributed by atoms with van der Waals surface area (Å²) in [6, 6.07) is 10.4. The van der Waals surface area contributed by atoms with Gasteiger partial charge in [0, 0.05) is 0 Å². The lowest BCUT2D eigenvalue weighted by atomic mass is 9.84. The van der Waals surface area contributed by atoms with E-state index in [4.69, 9.17) is 5.73 Å². The molecular formula is C16H13F4N.